The number of likely N-dealkylation sites (tertiary alicyclic amines) is 1. The van der Waals surface area contributed by atoms with E-state index in [-0.39, 0.29) is 35.8 Å². The first-order valence-electron chi connectivity index (χ1n) is 12.6. The van der Waals surface area contributed by atoms with E-state index in [0.717, 1.165) is 25.7 Å². The van der Waals surface area contributed by atoms with Crippen LogP contribution in [0.5, 0.6) is 0 Å². The molecule has 5 N–H and O–H groups in total. The second-order valence-corrected chi connectivity index (χ2v) is 15.6. The van der Waals surface area contributed by atoms with E-state index in [1.807, 2.05) is 20.8 Å². The molecule has 11 nitrogen and oxygen atoms in total. The highest BCUT2D eigenvalue weighted by atomic mass is 35.5. The molecule has 5 fully saturated rings. The summed E-state index contributed by atoms with van der Waals surface area (Å²) < 4.78 is 50.7. The molecular formula is C22H42ClN5O6S2. The van der Waals surface area contributed by atoms with Crippen LogP contribution in [-0.4, -0.2) is 92.1 Å². The van der Waals surface area contributed by atoms with Crippen LogP contribution in [-0.2, 0) is 24.8 Å². The van der Waals surface area contributed by atoms with Crippen molar-refractivity contribution >= 4 is 38.5 Å². The predicted octanol–water partition coefficient (Wildman–Crippen LogP) is 0.869. The van der Waals surface area contributed by atoms with Gasteiger partial charge in [-0.2, -0.15) is 0 Å². The van der Waals surface area contributed by atoms with Gasteiger partial charge in [0.15, 0.2) is 0 Å². The number of piperidine rings is 2. The molecule has 210 valence electrons. The van der Waals surface area contributed by atoms with Gasteiger partial charge in [0.2, 0.25) is 20.0 Å². The third-order valence-electron chi connectivity index (χ3n) is 8.04. The zero-order valence-corrected chi connectivity index (χ0v) is 23.8. The van der Waals surface area contributed by atoms with Crippen molar-refractivity contribution in [3.05, 3.63) is 0 Å². The molecule has 5 heterocycles. The van der Waals surface area contributed by atoms with Crippen LogP contribution in [0.3, 0.4) is 0 Å². The zero-order chi connectivity index (χ0) is 25.8. The van der Waals surface area contributed by atoms with Gasteiger partial charge < -0.3 is 15.0 Å². The van der Waals surface area contributed by atoms with Crippen molar-refractivity contribution in [3.63, 3.8) is 0 Å². The minimum atomic E-state index is -3.45. The molecule has 6 atom stereocenters. The molecule has 0 aromatic rings. The van der Waals surface area contributed by atoms with Gasteiger partial charge in [0, 0.05) is 43.3 Å². The number of primary sulfonamides is 2. The second kappa shape index (κ2) is 10.8. The van der Waals surface area contributed by atoms with E-state index >= 15 is 0 Å². The lowest BCUT2D eigenvalue weighted by molar-refractivity contribution is -0.0339. The molecule has 5 saturated heterocycles. The summed E-state index contributed by atoms with van der Waals surface area (Å²) in [5.41, 5.74) is -0.477. The zero-order valence-electron chi connectivity index (χ0n) is 21.3. The van der Waals surface area contributed by atoms with E-state index < -0.39 is 30.9 Å². The van der Waals surface area contributed by atoms with Crippen LogP contribution in [0.15, 0.2) is 0 Å². The predicted molar refractivity (Wildman–Crippen MR) is 140 cm³/mol. The summed E-state index contributed by atoms with van der Waals surface area (Å²) in [4.78, 5) is 16.2. The highest BCUT2D eigenvalue weighted by Gasteiger charge is 2.50. The van der Waals surface area contributed by atoms with Crippen LogP contribution in [0, 0.1) is 0 Å². The smallest absolute Gasteiger partial charge is 0.410 e. The van der Waals surface area contributed by atoms with Gasteiger partial charge in [0.1, 0.15) is 5.60 Å². The molecule has 5 aliphatic rings. The lowest BCUT2D eigenvalue weighted by Crippen LogP contribution is -2.65. The number of sulfonamides is 2. The number of fused-ring (bicyclic) bond motifs is 4. The first-order chi connectivity index (χ1) is 16.1. The molecular weight excluding hydrogens is 530 g/mol. The lowest BCUT2D eigenvalue weighted by Gasteiger charge is -2.50. The fourth-order valence-electron chi connectivity index (χ4n) is 6.42. The Morgan fingerprint density at radius 1 is 0.806 bits per heavy atom. The van der Waals surface area contributed by atoms with Crippen LogP contribution < -0.4 is 15.6 Å². The first kappa shape index (κ1) is 29.9. The summed E-state index contributed by atoms with van der Waals surface area (Å²) >= 11 is 0. The van der Waals surface area contributed by atoms with Gasteiger partial charge in [-0.1, -0.05) is 0 Å². The Morgan fingerprint density at radius 2 is 1.25 bits per heavy atom. The molecule has 1 amide bonds. The maximum absolute atomic E-state index is 12.0. The number of halogens is 1. The van der Waals surface area contributed by atoms with Crippen LogP contribution in [0.1, 0.15) is 72.1 Å². The number of amides is 1. The summed E-state index contributed by atoms with van der Waals surface area (Å²) in [5.74, 6) is 0. The molecule has 14 heteroatoms. The Balaban J connectivity index is 0.000000234. The third kappa shape index (κ3) is 7.03. The average Bonchev–Trinajstić information content (AvgIpc) is 3.11. The number of carbonyl (C=O) groups excluding carboxylic acids is 1. The summed E-state index contributed by atoms with van der Waals surface area (Å²) in [5, 5.41) is 13.1. The Morgan fingerprint density at radius 3 is 1.67 bits per heavy atom. The largest absolute Gasteiger partial charge is 0.444 e. The third-order valence-corrected chi connectivity index (χ3v) is 10.7. The normalized spacial score (nSPS) is 34.8. The van der Waals surface area contributed by atoms with E-state index in [4.69, 9.17) is 15.0 Å². The van der Waals surface area contributed by atoms with E-state index in [0.29, 0.717) is 56.9 Å². The van der Waals surface area contributed by atoms with Gasteiger partial charge in [0.05, 0.1) is 10.5 Å². The van der Waals surface area contributed by atoms with Crippen molar-refractivity contribution in [1.29, 1.82) is 0 Å². The fourth-order valence-corrected chi connectivity index (χ4v) is 8.40. The molecule has 2 unspecified atom stereocenters. The average molecular weight is 572 g/mol. The fraction of sp³-hybridized carbons (Fsp3) is 0.955. The lowest BCUT2D eigenvalue weighted by atomic mass is 9.96. The molecule has 5 aliphatic heterocycles. The highest BCUT2D eigenvalue weighted by Crippen LogP contribution is 2.40. The van der Waals surface area contributed by atoms with Crippen LogP contribution in [0.2, 0.25) is 0 Å². The van der Waals surface area contributed by atoms with Crippen molar-refractivity contribution in [1.82, 2.24) is 15.1 Å². The van der Waals surface area contributed by atoms with Gasteiger partial charge in [0.25, 0.3) is 0 Å². The summed E-state index contributed by atoms with van der Waals surface area (Å²) in [6, 6.07) is 1.67. The summed E-state index contributed by atoms with van der Waals surface area (Å²) in [6.07, 6.45) is 6.66. The van der Waals surface area contributed by atoms with Gasteiger partial charge in [-0.3, -0.25) is 4.90 Å². The van der Waals surface area contributed by atoms with E-state index in [1.165, 1.54) is 0 Å². The minimum Gasteiger partial charge on any atom is -0.444 e. The summed E-state index contributed by atoms with van der Waals surface area (Å²) in [6.45, 7) is 6.92. The molecule has 36 heavy (non-hydrogen) atoms. The maximum atomic E-state index is 12.0. The molecule has 0 radical (unpaired) electrons. The number of nitrogens with one attached hydrogen (secondary N) is 1. The van der Waals surface area contributed by atoms with E-state index in [9.17, 15) is 21.6 Å². The molecule has 5 rings (SSSR count). The Bertz CT molecular complexity index is 988. The molecule has 4 bridgehead atoms. The Labute approximate surface area is 221 Å². The van der Waals surface area contributed by atoms with Gasteiger partial charge in [-0.25, -0.2) is 31.9 Å². The van der Waals surface area contributed by atoms with Crippen molar-refractivity contribution in [3.8, 4) is 0 Å². The number of carbonyl (C=O) groups is 1. The number of nitrogens with zero attached hydrogens (tertiary/aromatic N) is 2. The molecule has 0 aliphatic carbocycles. The number of hydrogen-bond acceptors (Lipinski definition) is 8. The van der Waals surface area contributed by atoms with Crippen molar-refractivity contribution in [2.24, 2.45) is 10.3 Å². The van der Waals surface area contributed by atoms with Crippen molar-refractivity contribution < 1.29 is 26.4 Å². The van der Waals surface area contributed by atoms with Gasteiger partial charge in [-0.05, 0) is 72.1 Å². The van der Waals surface area contributed by atoms with E-state index in [1.54, 1.807) is 4.90 Å². The number of hydrogen-bond donors (Lipinski definition) is 3. The van der Waals surface area contributed by atoms with Crippen molar-refractivity contribution in [2.75, 3.05) is 13.1 Å². The molecule has 0 aromatic heterocycles. The Kier molecular flexibility index (Phi) is 8.97. The van der Waals surface area contributed by atoms with Crippen LogP contribution in [0.25, 0.3) is 0 Å². The monoisotopic (exact) mass is 571 g/mol. The quantitative estimate of drug-likeness (QED) is 0.449. The number of nitrogens with two attached hydrogens (primary N) is 2. The first-order valence-corrected chi connectivity index (χ1v) is 15.9. The Hall–Kier alpha value is -0.700. The molecule has 0 spiro atoms. The molecule has 0 aromatic carbocycles. The maximum Gasteiger partial charge on any atom is 0.410 e. The SMILES string of the molecule is CC(C)(C)OC(=O)N1CC(N2[C@@H]3CC[C@H]2CC(S(N)(=O)=O)C3)C1.Cl.NS(=O)(=O)C1C[C@H]2CC[C@@H](C1)N2. The topological polar surface area (TPSA) is 165 Å². The van der Waals surface area contributed by atoms with E-state index in [2.05, 4.69) is 10.2 Å². The van der Waals surface area contributed by atoms with Crippen molar-refractivity contribution in [2.45, 2.75) is 118 Å². The second-order valence-electron chi connectivity index (χ2n) is 11.9. The van der Waals surface area contributed by atoms with Crippen LogP contribution >= 0.6 is 12.4 Å². The van der Waals surface area contributed by atoms with Gasteiger partial charge >= 0.3 is 6.09 Å². The standard InChI is InChI=1S/C15H27N3O4S.C7H14N2O2S.ClH/c1-15(2,3)22-14(19)17-8-12(9-17)18-10-4-5-11(18)7-13(6-10)23(16,20)21;8-12(10,11)7-3-5-1-2-6(4-7)9-5;/h10-13H,4-9H2,1-3H3,(H2,16,20,21);5-7,9H,1-4H2,(H2,8,10,11);1H/t10-,11+,13?;5-,6+,7?;. The van der Waals surface area contributed by atoms with Crippen LogP contribution in [0.4, 0.5) is 4.79 Å². The van der Waals surface area contributed by atoms with Gasteiger partial charge in [-0.15, -0.1) is 12.4 Å². The molecule has 0 saturated carbocycles. The summed E-state index contributed by atoms with van der Waals surface area (Å²) in [7, 11) is -6.74. The number of rotatable bonds is 3. The minimum absolute atomic E-state index is 0. The number of ether oxygens (including phenoxy) is 1. The highest BCUT2D eigenvalue weighted by molar-refractivity contribution is 7.90.